The Morgan fingerprint density at radius 2 is 1.88 bits per heavy atom. The number of hydrogen-bond donors (Lipinski definition) is 2. The van der Waals surface area contributed by atoms with Crippen molar-refractivity contribution < 1.29 is 19.1 Å². The maximum absolute atomic E-state index is 12.2. The maximum Gasteiger partial charge on any atom is 0.326 e. The average molecular weight is 360 g/mol. The minimum Gasteiger partial charge on any atom is -0.451 e. The van der Waals surface area contributed by atoms with Crippen molar-refractivity contribution in [3.05, 3.63) is 30.1 Å². The summed E-state index contributed by atoms with van der Waals surface area (Å²) in [5.74, 6) is -0.604. The number of aromatic nitrogens is 2. The Bertz CT molecular complexity index is 835. The quantitative estimate of drug-likeness (QED) is 0.811. The Morgan fingerprint density at radius 1 is 1.23 bits per heavy atom. The predicted molar refractivity (Wildman–Crippen MR) is 96.5 cm³/mol. The first-order valence-corrected chi connectivity index (χ1v) is 8.31. The summed E-state index contributed by atoms with van der Waals surface area (Å²) >= 11 is 0. The highest BCUT2D eigenvalue weighted by atomic mass is 16.5. The van der Waals surface area contributed by atoms with Crippen molar-refractivity contribution in [2.45, 2.75) is 52.8 Å². The summed E-state index contributed by atoms with van der Waals surface area (Å²) in [7, 11) is 0. The van der Waals surface area contributed by atoms with Crippen LogP contribution < -0.4 is 10.6 Å². The van der Waals surface area contributed by atoms with E-state index in [0.717, 1.165) is 11.0 Å². The smallest absolute Gasteiger partial charge is 0.326 e. The van der Waals surface area contributed by atoms with Crippen LogP contribution in [0.5, 0.6) is 0 Å². The molecule has 0 aliphatic rings. The molecule has 0 fully saturated rings. The van der Waals surface area contributed by atoms with Crippen LogP contribution in [0, 0.1) is 6.92 Å². The standard InChI is InChI=1S/C18H24N4O4/c1-11(16(24)20-17(25)21-18(3,4)5)26-15(23)10-22-12(2)19-13-8-6-7-9-14(13)22/h6-9,11H,10H2,1-5H3,(H2,20,21,24,25). The number of benzene rings is 1. The van der Waals surface area contributed by atoms with E-state index in [-0.39, 0.29) is 6.54 Å². The van der Waals surface area contributed by atoms with Gasteiger partial charge in [-0.25, -0.2) is 9.78 Å². The summed E-state index contributed by atoms with van der Waals surface area (Å²) in [6.07, 6.45) is -1.09. The number of ether oxygens (including phenoxy) is 1. The number of imidazole rings is 1. The van der Waals surface area contributed by atoms with E-state index in [1.54, 1.807) is 32.3 Å². The number of carbonyl (C=O) groups excluding carboxylic acids is 3. The highest BCUT2D eigenvalue weighted by molar-refractivity contribution is 5.97. The molecular formula is C18H24N4O4. The van der Waals surface area contributed by atoms with Gasteiger partial charge in [0.15, 0.2) is 6.10 Å². The molecule has 2 aromatic rings. The lowest BCUT2D eigenvalue weighted by Crippen LogP contribution is -2.50. The first kappa shape index (κ1) is 19.4. The van der Waals surface area contributed by atoms with Gasteiger partial charge in [-0.3, -0.25) is 14.9 Å². The van der Waals surface area contributed by atoms with Gasteiger partial charge in [0, 0.05) is 5.54 Å². The number of amides is 3. The van der Waals surface area contributed by atoms with Gasteiger partial charge in [-0.1, -0.05) is 12.1 Å². The molecule has 0 radical (unpaired) electrons. The van der Waals surface area contributed by atoms with E-state index in [1.807, 2.05) is 24.3 Å². The van der Waals surface area contributed by atoms with Gasteiger partial charge in [0.25, 0.3) is 5.91 Å². The summed E-state index contributed by atoms with van der Waals surface area (Å²) in [4.78, 5) is 40.3. The monoisotopic (exact) mass is 360 g/mol. The molecule has 1 aromatic carbocycles. The normalized spacial score (nSPS) is 12.5. The number of imide groups is 1. The molecule has 0 aliphatic heterocycles. The average Bonchev–Trinajstić information content (AvgIpc) is 2.81. The number of nitrogens with zero attached hydrogens (tertiary/aromatic N) is 2. The molecule has 0 spiro atoms. The van der Waals surface area contributed by atoms with E-state index in [2.05, 4.69) is 15.6 Å². The zero-order chi connectivity index (χ0) is 19.5. The Hall–Kier alpha value is -2.90. The van der Waals surface area contributed by atoms with Crippen LogP contribution in [-0.2, 0) is 20.9 Å². The molecule has 3 amide bonds. The fraction of sp³-hybridized carbons (Fsp3) is 0.444. The topological polar surface area (TPSA) is 102 Å². The van der Waals surface area contributed by atoms with Gasteiger partial charge in [0.2, 0.25) is 0 Å². The summed E-state index contributed by atoms with van der Waals surface area (Å²) in [5, 5.41) is 4.75. The molecule has 0 aliphatic carbocycles. The van der Waals surface area contributed by atoms with Crippen LogP contribution >= 0.6 is 0 Å². The molecule has 26 heavy (non-hydrogen) atoms. The van der Waals surface area contributed by atoms with Gasteiger partial charge >= 0.3 is 12.0 Å². The SMILES string of the molecule is Cc1nc2ccccc2n1CC(=O)OC(C)C(=O)NC(=O)NC(C)(C)C. The van der Waals surface area contributed by atoms with Crippen LogP contribution in [0.4, 0.5) is 4.79 Å². The zero-order valence-electron chi connectivity index (χ0n) is 15.6. The summed E-state index contributed by atoms with van der Waals surface area (Å²) in [6.45, 7) is 8.50. The molecule has 1 unspecified atom stereocenters. The molecule has 2 N–H and O–H groups in total. The third kappa shape index (κ3) is 5.05. The number of rotatable bonds is 4. The number of hydrogen-bond acceptors (Lipinski definition) is 5. The third-order valence-electron chi connectivity index (χ3n) is 3.54. The van der Waals surface area contributed by atoms with Crippen LogP contribution in [0.2, 0.25) is 0 Å². The predicted octanol–water partition coefficient (Wildman–Crippen LogP) is 1.90. The van der Waals surface area contributed by atoms with Crippen molar-refractivity contribution in [1.29, 1.82) is 0 Å². The van der Waals surface area contributed by atoms with Gasteiger partial charge in [-0.15, -0.1) is 0 Å². The maximum atomic E-state index is 12.2. The molecule has 1 heterocycles. The van der Waals surface area contributed by atoms with E-state index in [4.69, 9.17) is 4.74 Å². The lowest BCUT2D eigenvalue weighted by Gasteiger charge is -2.21. The summed E-state index contributed by atoms with van der Waals surface area (Å²) in [6, 6.07) is 6.80. The lowest BCUT2D eigenvalue weighted by atomic mass is 10.1. The molecular weight excluding hydrogens is 336 g/mol. The van der Waals surface area contributed by atoms with Crippen molar-refractivity contribution >= 4 is 28.9 Å². The second-order valence-corrected chi connectivity index (χ2v) is 7.06. The van der Waals surface area contributed by atoms with Crippen molar-refractivity contribution in [3.8, 4) is 0 Å². The molecule has 1 atom stereocenters. The van der Waals surface area contributed by atoms with Crippen molar-refractivity contribution in [3.63, 3.8) is 0 Å². The summed E-state index contributed by atoms with van der Waals surface area (Å²) in [5.41, 5.74) is 1.11. The van der Waals surface area contributed by atoms with Gasteiger partial charge in [-0.05, 0) is 46.8 Å². The zero-order valence-corrected chi connectivity index (χ0v) is 15.6. The van der Waals surface area contributed by atoms with Crippen molar-refractivity contribution in [2.75, 3.05) is 0 Å². The van der Waals surface area contributed by atoms with Crippen molar-refractivity contribution in [2.24, 2.45) is 0 Å². The van der Waals surface area contributed by atoms with Crippen molar-refractivity contribution in [1.82, 2.24) is 20.2 Å². The first-order valence-electron chi connectivity index (χ1n) is 8.31. The number of fused-ring (bicyclic) bond motifs is 1. The second-order valence-electron chi connectivity index (χ2n) is 7.06. The van der Waals surface area contributed by atoms with Gasteiger partial charge in [0.1, 0.15) is 12.4 Å². The van der Waals surface area contributed by atoms with E-state index < -0.39 is 29.6 Å². The van der Waals surface area contributed by atoms with Crippen LogP contribution in [0.15, 0.2) is 24.3 Å². The Balaban J connectivity index is 1.95. The van der Waals surface area contributed by atoms with Gasteiger partial charge < -0.3 is 14.6 Å². The van der Waals surface area contributed by atoms with E-state index in [0.29, 0.717) is 5.82 Å². The number of aryl methyl sites for hydroxylation is 1. The van der Waals surface area contributed by atoms with Gasteiger partial charge in [-0.2, -0.15) is 0 Å². The molecule has 8 heteroatoms. The minimum atomic E-state index is -1.09. The molecule has 2 rings (SSSR count). The Labute approximate surface area is 151 Å². The third-order valence-corrected chi connectivity index (χ3v) is 3.54. The first-order chi connectivity index (χ1) is 12.1. The van der Waals surface area contributed by atoms with Crippen LogP contribution in [0.3, 0.4) is 0 Å². The molecule has 1 aromatic heterocycles. The summed E-state index contributed by atoms with van der Waals surface area (Å²) < 4.78 is 6.86. The number of esters is 1. The highest BCUT2D eigenvalue weighted by Gasteiger charge is 2.22. The molecule has 0 saturated carbocycles. The Kier molecular flexibility index (Phi) is 5.64. The lowest BCUT2D eigenvalue weighted by molar-refractivity contribution is -0.155. The van der Waals surface area contributed by atoms with E-state index in [1.165, 1.54) is 6.92 Å². The Morgan fingerprint density at radius 3 is 2.54 bits per heavy atom. The number of nitrogens with one attached hydrogen (secondary N) is 2. The van der Waals surface area contributed by atoms with Crippen LogP contribution in [0.1, 0.15) is 33.5 Å². The van der Waals surface area contributed by atoms with Crippen LogP contribution in [0.25, 0.3) is 11.0 Å². The molecule has 8 nitrogen and oxygen atoms in total. The fourth-order valence-electron chi connectivity index (χ4n) is 2.40. The minimum absolute atomic E-state index is 0.0713. The van der Waals surface area contributed by atoms with E-state index in [9.17, 15) is 14.4 Å². The number of urea groups is 1. The van der Waals surface area contributed by atoms with E-state index >= 15 is 0 Å². The highest BCUT2D eigenvalue weighted by Crippen LogP contribution is 2.15. The van der Waals surface area contributed by atoms with Gasteiger partial charge in [0.05, 0.1) is 11.0 Å². The van der Waals surface area contributed by atoms with Crippen LogP contribution in [-0.4, -0.2) is 39.1 Å². The second kappa shape index (κ2) is 7.55. The fourth-order valence-corrected chi connectivity index (χ4v) is 2.40. The molecule has 0 bridgehead atoms. The number of carbonyl (C=O) groups is 3. The molecule has 140 valence electrons. The molecule has 0 saturated heterocycles. The largest absolute Gasteiger partial charge is 0.451 e. The number of para-hydroxylation sites is 2.